The Labute approximate surface area is 137 Å². The molecule has 1 aliphatic rings. The van der Waals surface area contributed by atoms with Crippen LogP contribution in [0.5, 0.6) is 0 Å². The molecule has 9 heteroatoms. The van der Waals surface area contributed by atoms with Crippen LogP contribution in [0.3, 0.4) is 0 Å². The highest BCUT2D eigenvalue weighted by Gasteiger charge is 2.34. The molecule has 0 radical (unpaired) electrons. The Morgan fingerprint density at radius 3 is 2.75 bits per heavy atom. The third-order valence-corrected chi connectivity index (χ3v) is 4.04. The van der Waals surface area contributed by atoms with Crippen molar-refractivity contribution in [2.24, 2.45) is 7.05 Å². The highest BCUT2D eigenvalue weighted by Crippen LogP contribution is 2.32. The molecule has 1 aliphatic heterocycles. The summed E-state index contributed by atoms with van der Waals surface area (Å²) in [6, 6.07) is 0.946. The summed E-state index contributed by atoms with van der Waals surface area (Å²) in [5.74, 6) is -0.0569. The van der Waals surface area contributed by atoms with E-state index in [1.54, 1.807) is 18.7 Å². The number of aryl methyl sites for hydroxylation is 1. The van der Waals surface area contributed by atoms with Crippen LogP contribution in [-0.2, 0) is 18.0 Å². The maximum absolute atomic E-state index is 13.1. The number of halogens is 3. The van der Waals surface area contributed by atoms with Gasteiger partial charge in [0, 0.05) is 31.5 Å². The molecule has 6 nitrogen and oxygen atoms in total. The first kappa shape index (κ1) is 16.7. The van der Waals surface area contributed by atoms with E-state index in [1.165, 1.54) is 6.20 Å². The van der Waals surface area contributed by atoms with Gasteiger partial charge in [-0.05, 0) is 25.8 Å². The lowest BCUT2D eigenvalue weighted by molar-refractivity contribution is -0.141. The highest BCUT2D eigenvalue weighted by molar-refractivity contribution is 5.62. The molecule has 0 saturated carbocycles. The zero-order valence-corrected chi connectivity index (χ0v) is 13.4. The number of hydrogen-bond acceptors (Lipinski definition) is 5. The molecule has 3 rings (SSSR count). The van der Waals surface area contributed by atoms with Crippen LogP contribution < -0.4 is 5.32 Å². The molecule has 130 valence electrons. The molecule has 0 spiro atoms. The van der Waals surface area contributed by atoms with Crippen LogP contribution in [0.4, 0.5) is 19.1 Å². The van der Waals surface area contributed by atoms with Gasteiger partial charge in [-0.1, -0.05) is 0 Å². The molecule has 0 aliphatic carbocycles. The molecule has 0 aromatic carbocycles. The number of ether oxygens (including phenoxy) is 1. The fourth-order valence-corrected chi connectivity index (χ4v) is 2.57. The second kappa shape index (κ2) is 6.39. The first-order valence-corrected chi connectivity index (χ1v) is 7.65. The predicted octanol–water partition coefficient (Wildman–Crippen LogP) is 2.80. The fourth-order valence-electron chi connectivity index (χ4n) is 2.57. The average Bonchev–Trinajstić information content (AvgIpc) is 3.15. The van der Waals surface area contributed by atoms with Crippen molar-refractivity contribution in [3.05, 3.63) is 23.7 Å². The van der Waals surface area contributed by atoms with Gasteiger partial charge in [-0.2, -0.15) is 18.3 Å². The van der Waals surface area contributed by atoms with Gasteiger partial charge in [0.2, 0.25) is 5.95 Å². The van der Waals surface area contributed by atoms with Crippen molar-refractivity contribution in [2.75, 3.05) is 18.5 Å². The maximum Gasteiger partial charge on any atom is 0.433 e. The number of aromatic nitrogens is 4. The third-order valence-electron chi connectivity index (χ3n) is 4.04. The third kappa shape index (κ3) is 3.50. The summed E-state index contributed by atoms with van der Waals surface area (Å²) in [6.07, 6.45) is -1.24. The average molecular weight is 341 g/mol. The molecule has 0 unspecified atom stereocenters. The summed E-state index contributed by atoms with van der Waals surface area (Å²) >= 11 is 0. The SMILES string of the molecule is Cc1c(-c2cc(C(F)(F)F)nc(NC[C@H]3CCCO3)n2)cnn1C. The minimum atomic E-state index is -4.55. The Morgan fingerprint density at radius 1 is 1.38 bits per heavy atom. The minimum absolute atomic E-state index is 0.0216. The number of nitrogens with zero attached hydrogens (tertiary/aromatic N) is 4. The lowest BCUT2D eigenvalue weighted by Gasteiger charge is -2.14. The maximum atomic E-state index is 13.1. The Kier molecular flexibility index (Phi) is 4.44. The normalized spacial score (nSPS) is 18.1. The molecule has 2 aromatic rings. The van der Waals surface area contributed by atoms with Gasteiger partial charge in [-0.3, -0.25) is 4.68 Å². The van der Waals surface area contributed by atoms with E-state index in [9.17, 15) is 13.2 Å². The number of nitrogens with one attached hydrogen (secondary N) is 1. The van der Waals surface area contributed by atoms with Crippen LogP contribution in [0.15, 0.2) is 12.3 Å². The van der Waals surface area contributed by atoms with Crippen LogP contribution in [0.2, 0.25) is 0 Å². The van der Waals surface area contributed by atoms with Gasteiger partial charge < -0.3 is 10.1 Å². The van der Waals surface area contributed by atoms with E-state index < -0.39 is 11.9 Å². The van der Waals surface area contributed by atoms with Crippen molar-refractivity contribution >= 4 is 5.95 Å². The van der Waals surface area contributed by atoms with Crippen molar-refractivity contribution in [1.82, 2.24) is 19.7 Å². The second-order valence-electron chi connectivity index (χ2n) is 5.74. The van der Waals surface area contributed by atoms with Crippen molar-refractivity contribution < 1.29 is 17.9 Å². The lowest BCUT2D eigenvalue weighted by atomic mass is 10.1. The van der Waals surface area contributed by atoms with E-state index in [0.717, 1.165) is 24.6 Å². The van der Waals surface area contributed by atoms with E-state index in [1.807, 2.05) is 0 Å². The molecule has 0 amide bonds. The largest absolute Gasteiger partial charge is 0.433 e. The van der Waals surface area contributed by atoms with Gasteiger partial charge >= 0.3 is 6.18 Å². The van der Waals surface area contributed by atoms with Crippen molar-refractivity contribution in [1.29, 1.82) is 0 Å². The molecule has 1 saturated heterocycles. The van der Waals surface area contributed by atoms with Gasteiger partial charge in [0.15, 0.2) is 5.69 Å². The quantitative estimate of drug-likeness (QED) is 0.926. The van der Waals surface area contributed by atoms with E-state index >= 15 is 0 Å². The zero-order chi connectivity index (χ0) is 17.3. The Morgan fingerprint density at radius 2 is 2.17 bits per heavy atom. The summed E-state index contributed by atoms with van der Waals surface area (Å²) in [5, 5.41) is 6.92. The predicted molar refractivity (Wildman–Crippen MR) is 81.4 cm³/mol. The summed E-state index contributed by atoms with van der Waals surface area (Å²) in [5.41, 5.74) is 0.487. The summed E-state index contributed by atoms with van der Waals surface area (Å²) in [4.78, 5) is 7.82. The highest BCUT2D eigenvalue weighted by atomic mass is 19.4. The summed E-state index contributed by atoms with van der Waals surface area (Å²) in [6.45, 7) is 2.83. The standard InChI is InChI=1S/C15H18F3N5O/c1-9-11(8-20-23(9)2)12-6-13(15(16,17)18)22-14(21-12)19-7-10-4-3-5-24-10/h6,8,10H,3-5,7H2,1-2H3,(H,19,21,22)/t10-/m1/s1. The van der Waals surface area contributed by atoms with Gasteiger partial charge in [0.1, 0.15) is 0 Å². The topological polar surface area (TPSA) is 64.9 Å². The fraction of sp³-hybridized carbons (Fsp3) is 0.533. The van der Waals surface area contributed by atoms with Gasteiger partial charge in [-0.15, -0.1) is 0 Å². The van der Waals surface area contributed by atoms with E-state index in [2.05, 4.69) is 20.4 Å². The van der Waals surface area contributed by atoms with Gasteiger partial charge in [0.25, 0.3) is 0 Å². The Balaban J connectivity index is 1.92. The van der Waals surface area contributed by atoms with Crippen LogP contribution in [0, 0.1) is 6.92 Å². The molecule has 2 aromatic heterocycles. The van der Waals surface area contributed by atoms with Gasteiger partial charge in [-0.25, -0.2) is 9.97 Å². The molecule has 0 bridgehead atoms. The molecule has 24 heavy (non-hydrogen) atoms. The zero-order valence-electron chi connectivity index (χ0n) is 13.4. The number of hydrogen-bond donors (Lipinski definition) is 1. The molecular formula is C15H18F3N5O. The summed E-state index contributed by atoms with van der Waals surface area (Å²) in [7, 11) is 1.72. The molecule has 3 heterocycles. The first-order chi connectivity index (χ1) is 11.3. The molecule has 1 fully saturated rings. The van der Waals surface area contributed by atoms with E-state index in [4.69, 9.17) is 4.74 Å². The molecule has 1 atom stereocenters. The summed E-state index contributed by atoms with van der Waals surface area (Å²) < 4.78 is 46.5. The van der Waals surface area contributed by atoms with Crippen molar-refractivity contribution in [3.63, 3.8) is 0 Å². The van der Waals surface area contributed by atoms with Crippen molar-refractivity contribution in [2.45, 2.75) is 32.0 Å². The lowest BCUT2D eigenvalue weighted by Crippen LogP contribution is -2.21. The van der Waals surface area contributed by atoms with Crippen LogP contribution >= 0.6 is 0 Å². The van der Waals surface area contributed by atoms with E-state index in [0.29, 0.717) is 18.7 Å². The molecular weight excluding hydrogens is 323 g/mol. The van der Waals surface area contributed by atoms with Gasteiger partial charge in [0.05, 0.1) is 18.0 Å². The Bertz CT molecular complexity index is 722. The van der Waals surface area contributed by atoms with Crippen LogP contribution in [-0.4, -0.2) is 39.0 Å². The smallest absolute Gasteiger partial charge is 0.376 e. The monoisotopic (exact) mass is 341 g/mol. The second-order valence-corrected chi connectivity index (χ2v) is 5.74. The van der Waals surface area contributed by atoms with E-state index in [-0.39, 0.29) is 17.7 Å². The first-order valence-electron chi connectivity index (χ1n) is 7.65. The minimum Gasteiger partial charge on any atom is -0.376 e. The van der Waals surface area contributed by atoms with Crippen LogP contribution in [0.1, 0.15) is 24.2 Å². The van der Waals surface area contributed by atoms with Crippen molar-refractivity contribution in [3.8, 4) is 11.3 Å². The Hall–Kier alpha value is -2.16. The number of alkyl halides is 3. The van der Waals surface area contributed by atoms with Crippen LogP contribution in [0.25, 0.3) is 11.3 Å². The number of rotatable bonds is 4. The molecule has 1 N–H and O–H groups in total. The number of anilines is 1.